The number of hydrogen-bond acceptors (Lipinski definition) is 4. The topological polar surface area (TPSA) is 70.1 Å². The highest BCUT2D eigenvalue weighted by atomic mass is 16.1. The molecule has 4 nitrogen and oxygen atoms in total. The second kappa shape index (κ2) is 5.10. The molecule has 2 aliphatic rings. The first-order chi connectivity index (χ1) is 10.1. The molecule has 0 saturated heterocycles. The third-order valence-electron chi connectivity index (χ3n) is 4.30. The van der Waals surface area contributed by atoms with E-state index in [0.29, 0.717) is 17.8 Å². The van der Waals surface area contributed by atoms with Gasteiger partial charge in [0.2, 0.25) is 0 Å². The van der Waals surface area contributed by atoms with Gasteiger partial charge in [-0.1, -0.05) is 30.3 Å². The van der Waals surface area contributed by atoms with E-state index < -0.39 is 0 Å². The third kappa shape index (κ3) is 2.02. The zero-order valence-corrected chi connectivity index (χ0v) is 12.0. The number of nitriles is 1. The average Bonchev–Trinajstić information content (AvgIpc) is 2.52. The van der Waals surface area contributed by atoms with Crippen LogP contribution >= 0.6 is 0 Å². The molecule has 1 atom stereocenters. The summed E-state index contributed by atoms with van der Waals surface area (Å²) in [6, 6.07) is 11.9. The van der Waals surface area contributed by atoms with Crippen molar-refractivity contribution in [2.75, 3.05) is 7.05 Å². The minimum Gasteiger partial charge on any atom is -0.384 e. The lowest BCUT2D eigenvalue weighted by atomic mass is 9.76. The molecule has 21 heavy (non-hydrogen) atoms. The summed E-state index contributed by atoms with van der Waals surface area (Å²) in [6.45, 7) is 0. The number of rotatable bonds is 1. The minimum atomic E-state index is -0.324. The number of carbonyl (C=O) groups excluding carboxylic acids is 1. The van der Waals surface area contributed by atoms with Gasteiger partial charge in [0.05, 0.1) is 17.6 Å². The predicted octanol–water partition coefficient (Wildman–Crippen LogP) is 2.42. The van der Waals surface area contributed by atoms with Crippen molar-refractivity contribution in [3.8, 4) is 6.07 Å². The number of nitrogens with two attached hydrogens (primary N) is 1. The molecule has 2 N–H and O–H groups in total. The van der Waals surface area contributed by atoms with Crippen LogP contribution < -0.4 is 5.73 Å². The molecule has 1 aliphatic carbocycles. The van der Waals surface area contributed by atoms with E-state index in [4.69, 9.17) is 5.73 Å². The fourth-order valence-corrected chi connectivity index (χ4v) is 3.24. The van der Waals surface area contributed by atoms with Crippen LogP contribution in [-0.4, -0.2) is 17.7 Å². The molecule has 0 bridgehead atoms. The Bertz CT molecular complexity index is 694. The molecule has 1 heterocycles. The molecule has 0 fully saturated rings. The Balaban J connectivity index is 2.23. The molecule has 0 radical (unpaired) electrons. The Morgan fingerprint density at radius 2 is 2.00 bits per heavy atom. The van der Waals surface area contributed by atoms with Crippen LogP contribution in [0.15, 0.2) is 53.0 Å². The molecule has 0 unspecified atom stereocenters. The summed E-state index contributed by atoms with van der Waals surface area (Å²) >= 11 is 0. The summed E-state index contributed by atoms with van der Waals surface area (Å²) in [5, 5.41) is 9.54. The van der Waals surface area contributed by atoms with E-state index in [1.807, 2.05) is 42.3 Å². The zero-order valence-electron chi connectivity index (χ0n) is 12.0. The van der Waals surface area contributed by atoms with Gasteiger partial charge in [-0.25, -0.2) is 0 Å². The molecule has 0 spiro atoms. The van der Waals surface area contributed by atoms with Gasteiger partial charge in [0.25, 0.3) is 0 Å². The molecule has 1 aromatic carbocycles. The van der Waals surface area contributed by atoms with Gasteiger partial charge in [-0.15, -0.1) is 0 Å². The number of Topliss-reactive ketones (excluding diaryl/α,β-unsaturated/α-hetero) is 1. The van der Waals surface area contributed by atoms with Crippen LogP contribution in [-0.2, 0) is 4.79 Å². The summed E-state index contributed by atoms with van der Waals surface area (Å²) < 4.78 is 0. The quantitative estimate of drug-likeness (QED) is 0.857. The van der Waals surface area contributed by atoms with Crippen molar-refractivity contribution in [1.29, 1.82) is 5.26 Å². The number of hydrogen-bond donors (Lipinski definition) is 1. The maximum Gasteiger partial charge on any atom is 0.161 e. The zero-order chi connectivity index (χ0) is 15.0. The third-order valence-corrected chi connectivity index (χ3v) is 4.30. The standard InChI is InChI=1S/C17H17N3O/c1-20-13-8-5-9-14(21)16(13)15(12(10-18)17(20)19)11-6-3-2-4-7-11/h2-4,6-7,15H,5,8-9,19H2,1H3/t15-/m0/s1. The second-order valence-electron chi connectivity index (χ2n) is 5.45. The van der Waals surface area contributed by atoms with Gasteiger partial charge >= 0.3 is 0 Å². The number of benzene rings is 1. The molecule has 1 aromatic rings. The van der Waals surface area contributed by atoms with Crippen molar-refractivity contribution >= 4 is 5.78 Å². The van der Waals surface area contributed by atoms with Gasteiger partial charge in [0.1, 0.15) is 5.82 Å². The Morgan fingerprint density at radius 1 is 1.29 bits per heavy atom. The van der Waals surface area contributed by atoms with Gasteiger partial charge in [-0.05, 0) is 18.4 Å². The van der Waals surface area contributed by atoms with Crippen LogP contribution in [0.1, 0.15) is 30.7 Å². The van der Waals surface area contributed by atoms with E-state index >= 15 is 0 Å². The van der Waals surface area contributed by atoms with Crippen LogP contribution in [0.5, 0.6) is 0 Å². The average molecular weight is 279 g/mol. The Morgan fingerprint density at radius 3 is 2.67 bits per heavy atom. The second-order valence-corrected chi connectivity index (χ2v) is 5.45. The van der Waals surface area contributed by atoms with Gasteiger partial charge < -0.3 is 10.6 Å². The van der Waals surface area contributed by atoms with Crippen molar-refractivity contribution in [2.24, 2.45) is 5.73 Å². The molecule has 0 amide bonds. The minimum absolute atomic E-state index is 0.136. The Kier molecular flexibility index (Phi) is 3.26. The van der Waals surface area contributed by atoms with E-state index in [1.165, 1.54) is 0 Å². The van der Waals surface area contributed by atoms with Crippen LogP contribution in [0.4, 0.5) is 0 Å². The van der Waals surface area contributed by atoms with E-state index in [0.717, 1.165) is 29.7 Å². The van der Waals surface area contributed by atoms with Crippen LogP contribution in [0.25, 0.3) is 0 Å². The van der Waals surface area contributed by atoms with Crippen LogP contribution in [0, 0.1) is 11.3 Å². The van der Waals surface area contributed by atoms with Gasteiger partial charge in [0.15, 0.2) is 5.78 Å². The molecule has 4 heteroatoms. The fourth-order valence-electron chi connectivity index (χ4n) is 3.24. The van der Waals surface area contributed by atoms with Gasteiger partial charge in [-0.3, -0.25) is 4.79 Å². The number of nitrogens with zero attached hydrogens (tertiary/aromatic N) is 2. The summed E-state index contributed by atoms with van der Waals surface area (Å²) in [5.74, 6) is 0.271. The monoisotopic (exact) mass is 279 g/mol. The van der Waals surface area contributed by atoms with Crippen LogP contribution in [0.2, 0.25) is 0 Å². The van der Waals surface area contributed by atoms with Crippen molar-refractivity contribution in [3.63, 3.8) is 0 Å². The van der Waals surface area contributed by atoms with E-state index in [1.54, 1.807) is 0 Å². The lowest BCUT2D eigenvalue weighted by molar-refractivity contribution is -0.116. The molecule has 0 aromatic heterocycles. The number of allylic oxidation sites excluding steroid dienone is 3. The molecule has 1 aliphatic heterocycles. The smallest absolute Gasteiger partial charge is 0.161 e. The first-order valence-corrected chi connectivity index (χ1v) is 7.09. The molecular weight excluding hydrogens is 262 g/mol. The molecule has 3 rings (SSSR count). The van der Waals surface area contributed by atoms with Crippen LogP contribution in [0.3, 0.4) is 0 Å². The van der Waals surface area contributed by atoms with Gasteiger partial charge in [-0.2, -0.15) is 5.26 Å². The highest BCUT2D eigenvalue weighted by Gasteiger charge is 2.38. The normalized spacial score (nSPS) is 22.2. The maximum atomic E-state index is 12.5. The van der Waals surface area contributed by atoms with Crippen molar-refractivity contribution in [2.45, 2.75) is 25.2 Å². The predicted molar refractivity (Wildman–Crippen MR) is 79.7 cm³/mol. The lowest BCUT2D eigenvalue weighted by Crippen LogP contribution is -2.36. The van der Waals surface area contributed by atoms with E-state index in [9.17, 15) is 10.1 Å². The molecule has 0 saturated carbocycles. The highest BCUT2D eigenvalue weighted by molar-refractivity contribution is 5.99. The fraction of sp³-hybridized carbons (Fsp3) is 0.294. The van der Waals surface area contributed by atoms with E-state index in [-0.39, 0.29) is 11.7 Å². The Labute approximate surface area is 124 Å². The number of carbonyl (C=O) groups is 1. The molecular formula is C17H17N3O. The molecule has 106 valence electrons. The lowest BCUT2D eigenvalue weighted by Gasteiger charge is -2.37. The Hall–Kier alpha value is -2.54. The summed E-state index contributed by atoms with van der Waals surface area (Å²) in [5.41, 5.74) is 9.29. The van der Waals surface area contributed by atoms with Crippen molar-refractivity contribution < 1.29 is 4.79 Å². The SMILES string of the molecule is CN1C(N)=C(C#N)[C@H](c2ccccc2)C2=C1CCCC2=O. The van der Waals surface area contributed by atoms with E-state index in [2.05, 4.69) is 6.07 Å². The van der Waals surface area contributed by atoms with Gasteiger partial charge in [0, 0.05) is 24.7 Å². The first-order valence-electron chi connectivity index (χ1n) is 7.09. The largest absolute Gasteiger partial charge is 0.384 e. The maximum absolute atomic E-state index is 12.5. The summed E-state index contributed by atoms with van der Waals surface area (Å²) in [7, 11) is 1.84. The summed E-state index contributed by atoms with van der Waals surface area (Å²) in [4.78, 5) is 14.3. The van der Waals surface area contributed by atoms with Crippen molar-refractivity contribution in [1.82, 2.24) is 4.90 Å². The summed E-state index contributed by atoms with van der Waals surface area (Å²) in [6.07, 6.45) is 2.23. The first kappa shape index (κ1) is 13.4. The van der Waals surface area contributed by atoms with Crippen molar-refractivity contribution in [3.05, 3.63) is 58.6 Å². The highest BCUT2D eigenvalue weighted by Crippen LogP contribution is 2.43. The number of ketones is 1.